The van der Waals surface area contributed by atoms with E-state index in [1.165, 1.54) is 4.68 Å². The van der Waals surface area contributed by atoms with Crippen LogP contribution in [0.15, 0.2) is 0 Å². The molecule has 0 aliphatic heterocycles. The number of anilines is 1. The highest BCUT2D eigenvalue weighted by Gasteiger charge is 2.06. The number of nitrogen functional groups attached to an aromatic ring is 2. The number of nitrogens with two attached hydrogens (primary N) is 3. The molecule has 6 heteroatoms. The second-order valence-corrected chi connectivity index (χ2v) is 2.86. The summed E-state index contributed by atoms with van der Waals surface area (Å²) < 4.78 is 1.28. The first kappa shape index (κ1) is 8.79. The predicted molar refractivity (Wildman–Crippen MR) is 46.6 cm³/mol. The standard InChI is InChI=1S/C6H14N6/c1-4(7)2-3-5-10-11-6(8)12(5)9/h4H,2-3,7,9H2,1H3,(H2,8,11). The van der Waals surface area contributed by atoms with Crippen molar-refractivity contribution in [1.82, 2.24) is 14.9 Å². The van der Waals surface area contributed by atoms with Crippen LogP contribution >= 0.6 is 0 Å². The van der Waals surface area contributed by atoms with Crippen molar-refractivity contribution in [3.63, 3.8) is 0 Å². The van der Waals surface area contributed by atoms with Crippen molar-refractivity contribution in [3.05, 3.63) is 5.82 Å². The summed E-state index contributed by atoms with van der Waals surface area (Å²) in [6.45, 7) is 1.93. The number of nitrogens with zero attached hydrogens (tertiary/aromatic N) is 3. The van der Waals surface area contributed by atoms with E-state index >= 15 is 0 Å². The van der Waals surface area contributed by atoms with Crippen molar-refractivity contribution in [2.45, 2.75) is 25.8 Å². The first-order chi connectivity index (χ1) is 5.61. The quantitative estimate of drug-likeness (QED) is 0.496. The monoisotopic (exact) mass is 170 g/mol. The molecule has 0 spiro atoms. The van der Waals surface area contributed by atoms with Gasteiger partial charge in [-0.1, -0.05) is 0 Å². The maximum absolute atomic E-state index is 5.57. The predicted octanol–water partition coefficient (Wildman–Crippen LogP) is -1.15. The van der Waals surface area contributed by atoms with Gasteiger partial charge in [0.15, 0.2) is 5.82 Å². The van der Waals surface area contributed by atoms with Crippen LogP contribution in [0.1, 0.15) is 19.2 Å². The minimum absolute atomic E-state index is 0.142. The number of hydrogen-bond donors (Lipinski definition) is 3. The van der Waals surface area contributed by atoms with E-state index in [4.69, 9.17) is 17.3 Å². The van der Waals surface area contributed by atoms with Crippen molar-refractivity contribution in [3.8, 4) is 0 Å². The lowest BCUT2D eigenvalue weighted by atomic mass is 10.2. The van der Waals surface area contributed by atoms with Gasteiger partial charge in [0.2, 0.25) is 5.95 Å². The molecule has 68 valence electrons. The molecule has 0 saturated heterocycles. The molecule has 12 heavy (non-hydrogen) atoms. The Bertz CT molecular complexity index is 253. The van der Waals surface area contributed by atoms with Crippen LogP contribution in [0.4, 0.5) is 5.95 Å². The Hall–Kier alpha value is -1.30. The summed E-state index contributed by atoms with van der Waals surface area (Å²) >= 11 is 0. The molecule has 1 atom stereocenters. The molecule has 1 aromatic heterocycles. The third-order valence-corrected chi connectivity index (χ3v) is 1.62. The Morgan fingerprint density at radius 2 is 2.17 bits per heavy atom. The average Bonchev–Trinajstić information content (AvgIpc) is 2.30. The number of hydrogen-bond acceptors (Lipinski definition) is 5. The Morgan fingerprint density at radius 3 is 2.58 bits per heavy atom. The van der Waals surface area contributed by atoms with Crippen LogP contribution in [-0.2, 0) is 6.42 Å². The lowest BCUT2D eigenvalue weighted by Crippen LogP contribution is -2.19. The topological polar surface area (TPSA) is 109 Å². The Morgan fingerprint density at radius 1 is 1.50 bits per heavy atom. The minimum atomic E-state index is 0.142. The van der Waals surface area contributed by atoms with E-state index in [0.29, 0.717) is 12.2 Å². The third-order valence-electron chi connectivity index (χ3n) is 1.62. The number of rotatable bonds is 3. The molecular weight excluding hydrogens is 156 g/mol. The van der Waals surface area contributed by atoms with Gasteiger partial charge in [-0.05, 0) is 13.3 Å². The molecule has 0 amide bonds. The largest absolute Gasteiger partial charge is 0.366 e. The first-order valence-electron chi connectivity index (χ1n) is 3.81. The molecule has 1 aromatic rings. The van der Waals surface area contributed by atoms with E-state index in [9.17, 15) is 0 Å². The SMILES string of the molecule is CC(N)CCc1nnc(N)n1N. The molecule has 6 N–H and O–H groups in total. The van der Waals surface area contributed by atoms with Gasteiger partial charge in [0.1, 0.15) is 0 Å². The lowest BCUT2D eigenvalue weighted by molar-refractivity contribution is 0.638. The fourth-order valence-electron chi connectivity index (χ4n) is 0.865. The molecule has 0 fully saturated rings. The van der Waals surface area contributed by atoms with Crippen molar-refractivity contribution < 1.29 is 0 Å². The van der Waals surface area contributed by atoms with Gasteiger partial charge in [-0.15, -0.1) is 10.2 Å². The van der Waals surface area contributed by atoms with E-state index in [-0.39, 0.29) is 12.0 Å². The van der Waals surface area contributed by atoms with Gasteiger partial charge in [-0.2, -0.15) is 0 Å². The molecule has 1 heterocycles. The normalized spacial score (nSPS) is 13.2. The van der Waals surface area contributed by atoms with Crippen molar-refractivity contribution >= 4 is 5.95 Å². The van der Waals surface area contributed by atoms with E-state index in [0.717, 1.165) is 6.42 Å². The molecule has 1 unspecified atom stereocenters. The van der Waals surface area contributed by atoms with E-state index in [1.807, 2.05) is 6.92 Å². The molecular formula is C6H14N6. The smallest absolute Gasteiger partial charge is 0.240 e. The van der Waals surface area contributed by atoms with Crippen LogP contribution < -0.4 is 17.3 Å². The van der Waals surface area contributed by atoms with Crippen LogP contribution in [0.3, 0.4) is 0 Å². The van der Waals surface area contributed by atoms with Crippen molar-refractivity contribution in [2.75, 3.05) is 11.6 Å². The fraction of sp³-hybridized carbons (Fsp3) is 0.667. The van der Waals surface area contributed by atoms with E-state index in [1.54, 1.807) is 0 Å². The highest BCUT2D eigenvalue weighted by Crippen LogP contribution is 2.01. The summed E-state index contributed by atoms with van der Waals surface area (Å²) in [5, 5.41) is 7.41. The highest BCUT2D eigenvalue weighted by atomic mass is 15.4. The summed E-state index contributed by atoms with van der Waals surface area (Å²) in [4.78, 5) is 0. The van der Waals surface area contributed by atoms with Crippen LogP contribution in [0.5, 0.6) is 0 Å². The maximum atomic E-state index is 5.57. The summed E-state index contributed by atoms with van der Waals surface area (Å²) in [5.41, 5.74) is 10.9. The molecule has 0 aliphatic rings. The third kappa shape index (κ3) is 1.85. The molecule has 0 aliphatic carbocycles. The fourth-order valence-corrected chi connectivity index (χ4v) is 0.865. The molecule has 0 aromatic carbocycles. The van der Waals surface area contributed by atoms with Crippen LogP contribution in [0, 0.1) is 0 Å². The van der Waals surface area contributed by atoms with Crippen LogP contribution in [-0.4, -0.2) is 20.9 Å². The van der Waals surface area contributed by atoms with E-state index < -0.39 is 0 Å². The van der Waals surface area contributed by atoms with Crippen LogP contribution in [0.2, 0.25) is 0 Å². The van der Waals surface area contributed by atoms with Gasteiger partial charge < -0.3 is 17.3 Å². The number of aryl methyl sites for hydroxylation is 1. The summed E-state index contributed by atoms with van der Waals surface area (Å²) in [6, 6.07) is 0.142. The Kier molecular flexibility index (Phi) is 2.49. The zero-order valence-electron chi connectivity index (χ0n) is 7.07. The average molecular weight is 170 g/mol. The molecule has 6 nitrogen and oxygen atoms in total. The van der Waals surface area contributed by atoms with Crippen molar-refractivity contribution in [1.29, 1.82) is 0 Å². The number of aromatic nitrogens is 3. The van der Waals surface area contributed by atoms with Gasteiger partial charge >= 0.3 is 0 Å². The zero-order valence-corrected chi connectivity index (χ0v) is 7.07. The van der Waals surface area contributed by atoms with Gasteiger partial charge in [-0.25, -0.2) is 4.68 Å². The molecule has 0 saturated carbocycles. The summed E-state index contributed by atoms with van der Waals surface area (Å²) in [6.07, 6.45) is 1.54. The zero-order chi connectivity index (χ0) is 9.14. The second-order valence-electron chi connectivity index (χ2n) is 2.86. The summed E-state index contributed by atoms with van der Waals surface area (Å²) in [7, 11) is 0. The lowest BCUT2D eigenvalue weighted by Gasteiger charge is -2.03. The van der Waals surface area contributed by atoms with Gasteiger partial charge in [0, 0.05) is 12.5 Å². The molecule has 0 radical (unpaired) electrons. The second kappa shape index (κ2) is 3.40. The Balaban J connectivity index is 2.58. The summed E-state index contributed by atoms with van der Waals surface area (Å²) in [5.74, 6) is 6.42. The molecule has 0 bridgehead atoms. The Labute approximate surface area is 70.7 Å². The van der Waals surface area contributed by atoms with Gasteiger partial charge in [0.05, 0.1) is 0 Å². The minimum Gasteiger partial charge on any atom is -0.366 e. The maximum Gasteiger partial charge on any atom is 0.240 e. The first-order valence-corrected chi connectivity index (χ1v) is 3.81. The van der Waals surface area contributed by atoms with Crippen LogP contribution in [0.25, 0.3) is 0 Å². The van der Waals surface area contributed by atoms with Gasteiger partial charge in [0.25, 0.3) is 0 Å². The van der Waals surface area contributed by atoms with E-state index in [2.05, 4.69) is 10.2 Å². The molecule has 1 rings (SSSR count). The highest BCUT2D eigenvalue weighted by molar-refractivity contribution is 5.17. The van der Waals surface area contributed by atoms with Crippen molar-refractivity contribution in [2.24, 2.45) is 5.73 Å². The van der Waals surface area contributed by atoms with Gasteiger partial charge in [-0.3, -0.25) is 0 Å².